The highest BCUT2D eigenvalue weighted by atomic mass is 127. The van der Waals surface area contributed by atoms with Crippen molar-refractivity contribution in [2.24, 2.45) is 0 Å². The molecule has 0 saturated carbocycles. The molecular weight excluding hydrogens is 460 g/mol. The number of ether oxygens (including phenoxy) is 3. The summed E-state index contributed by atoms with van der Waals surface area (Å²) >= 11 is 15.1. The minimum atomic E-state index is -1.66. The van der Waals surface area contributed by atoms with E-state index in [1.807, 2.05) is 4.90 Å². The van der Waals surface area contributed by atoms with Crippen LogP contribution in [-0.2, 0) is 23.8 Å². The lowest BCUT2D eigenvalue weighted by Gasteiger charge is -2.40. The molecule has 128 valence electrons. The van der Waals surface area contributed by atoms with E-state index in [4.69, 9.17) is 37.4 Å². The molecule has 1 aliphatic carbocycles. The van der Waals surface area contributed by atoms with E-state index in [2.05, 4.69) is 22.6 Å². The minimum absolute atomic E-state index is 0.0185. The van der Waals surface area contributed by atoms with Gasteiger partial charge in [-0.1, -0.05) is 34.2 Å². The van der Waals surface area contributed by atoms with E-state index in [9.17, 15) is 9.59 Å². The SMILES string of the molecule is CC(=O)O[C@]12O[C@H](CI)C[C@@]1(Cl)C(=O)C(Cl)=C2N1CCOCC1. The second kappa shape index (κ2) is 6.33. The van der Waals surface area contributed by atoms with Crippen LogP contribution in [0.15, 0.2) is 10.7 Å². The molecule has 0 radical (unpaired) electrons. The summed E-state index contributed by atoms with van der Waals surface area (Å²) in [6, 6.07) is 0. The van der Waals surface area contributed by atoms with Gasteiger partial charge < -0.3 is 19.1 Å². The maximum atomic E-state index is 12.8. The fourth-order valence-corrected chi connectivity index (χ4v) is 4.69. The molecule has 0 N–H and O–H groups in total. The first-order chi connectivity index (χ1) is 10.9. The monoisotopic (exact) mass is 475 g/mol. The molecular formula is C14H16Cl2INO5. The molecule has 0 aromatic carbocycles. The highest BCUT2D eigenvalue weighted by Gasteiger charge is 2.74. The molecule has 0 amide bonds. The van der Waals surface area contributed by atoms with Crippen LogP contribution in [0.25, 0.3) is 0 Å². The van der Waals surface area contributed by atoms with Crippen molar-refractivity contribution in [3.63, 3.8) is 0 Å². The molecule has 0 spiro atoms. The molecule has 3 atom stereocenters. The first kappa shape index (κ1) is 17.7. The Morgan fingerprint density at radius 1 is 1.48 bits per heavy atom. The fourth-order valence-electron chi connectivity index (χ4n) is 3.31. The maximum absolute atomic E-state index is 12.8. The van der Waals surface area contributed by atoms with E-state index < -0.39 is 22.4 Å². The highest BCUT2D eigenvalue weighted by molar-refractivity contribution is 14.1. The predicted molar refractivity (Wildman–Crippen MR) is 91.7 cm³/mol. The van der Waals surface area contributed by atoms with Crippen molar-refractivity contribution in [3.8, 4) is 0 Å². The second-order valence-corrected chi connectivity index (χ2v) is 7.60. The molecule has 0 unspecified atom stereocenters. The topological polar surface area (TPSA) is 65.1 Å². The average Bonchev–Trinajstić information content (AvgIpc) is 2.87. The summed E-state index contributed by atoms with van der Waals surface area (Å²) in [5.41, 5.74) is 0.352. The second-order valence-electron chi connectivity index (χ2n) is 5.70. The number of fused-ring (bicyclic) bond motifs is 1. The quantitative estimate of drug-likeness (QED) is 0.352. The normalized spacial score (nSPS) is 37.3. The third-order valence-electron chi connectivity index (χ3n) is 4.23. The van der Waals surface area contributed by atoms with Gasteiger partial charge in [-0.2, -0.15) is 0 Å². The number of nitrogens with zero attached hydrogens (tertiary/aromatic N) is 1. The summed E-state index contributed by atoms with van der Waals surface area (Å²) in [6.45, 7) is 3.28. The Balaban J connectivity index is 2.10. The van der Waals surface area contributed by atoms with E-state index in [0.717, 1.165) is 0 Å². The van der Waals surface area contributed by atoms with E-state index in [1.165, 1.54) is 6.92 Å². The Hall–Kier alpha value is -0.0900. The molecule has 0 aromatic heterocycles. The molecule has 2 aliphatic heterocycles. The van der Waals surface area contributed by atoms with Gasteiger partial charge in [0.2, 0.25) is 5.78 Å². The zero-order chi connectivity index (χ0) is 16.8. The lowest BCUT2D eigenvalue weighted by atomic mass is 9.95. The van der Waals surface area contributed by atoms with Crippen molar-refractivity contribution >= 4 is 57.5 Å². The Morgan fingerprint density at radius 3 is 2.70 bits per heavy atom. The number of esters is 1. The molecule has 23 heavy (non-hydrogen) atoms. The standard InChI is InChI=1S/C14H16Cl2INO5/c1-8(19)22-14-11(18-2-4-21-5-3-18)10(15)12(20)13(14,16)6-9(7-17)23-14/h9H,2-7H2,1H3/t9-,13+,14+/m0/s1. The third-order valence-corrected chi connectivity index (χ3v) is 6.14. The van der Waals surface area contributed by atoms with Gasteiger partial charge >= 0.3 is 5.97 Å². The smallest absolute Gasteiger partial charge is 0.305 e. The van der Waals surface area contributed by atoms with Crippen LogP contribution in [0.3, 0.4) is 0 Å². The molecule has 0 bridgehead atoms. The van der Waals surface area contributed by atoms with Crippen LogP contribution in [-0.4, -0.2) is 64.1 Å². The van der Waals surface area contributed by atoms with Crippen molar-refractivity contribution in [2.45, 2.75) is 30.1 Å². The number of rotatable bonds is 3. The predicted octanol–water partition coefficient (Wildman–Crippen LogP) is 1.81. The summed E-state index contributed by atoms with van der Waals surface area (Å²) in [4.78, 5) is 24.8. The number of allylic oxidation sites excluding steroid dienone is 1. The molecule has 3 aliphatic rings. The zero-order valence-corrected chi connectivity index (χ0v) is 16.1. The number of carbonyl (C=O) groups is 2. The Morgan fingerprint density at radius 2 is 2.13 bits per heavy atom. The number of hydrogen-bond donors (Lipinski definition) is 0. The number of ketones is 1. The molecule has 0 aromatic rings. The van der Waals surface area contributed by atoms with Crippen LogP contribution < -0.4 is 0 Å². The number of carbonyl (C=O) groups excluding carboxylic acids is 2. The Labute approximate surface area is 157 Å². The van der Waals surface area contributed by atoms with Crippen LogP contribution in [0.5, 0.6) is 0 Å². The van der Waals surface area contributed by atoms with Crippen LogP contribution in [0, 0.1) is 0 Å². The number of morpholine rings is 1. The van der Waals surface area contributed by atoms with Crippen molar-refractivity contribution in [2.75, 3.05) is 30.7 Å². The molecule has 2 fully saturated rings. The average molecular weight is 476 g/mol. The van der Waals surface area contributed by atoms with Gasteiger partial charge in [0.1, 0.15) is 10.7 Å². The van der Waals surface area contributed by atoms with Gasteiger partial charge in [0.15, 0.2) is 4.87 Å². The summed E-state index contributed by atoms with van der Waals surface area (Å²) in [5, 5.41) is -0.0185. The van der Waals surface area contributed by atoms with Crippen molar-refractivity contribution in [1.82, 2.24) is 4.90 Å². The van der Waals surface area contributed by atoms with Gasteiger partial charge in [-0.25, -0.2) is 0 Å². The molecule has 2 saturated heterocycles. The largest absolute Gasteiger partial charge is 0.424 e. The van der Waals surface area contributed by atoms with Crippen LogP contribution >= 0.6 is 45.8 Å². The first-order valence-corrected chi connectivity index (χ1v) is 9.54. The number of hydrogen-bond acceptors (Lipinski definition) is 6. The van der Waals surface area contributed by atoms with E-state index in [0.29, 0.717) is 36.4 Å². The molecule has 2 heterocycles. The van der Waals surface area contributed by atoms with E-state index >= 15 is 0 Å². The van der Waals surface area contributed by atoms with Crippen molar-refractivity contribution < 1.29 is 23.8 Å². The number of Topliss-reactive ketones (excluding diaryl/α,β-unsaturated/α-hetero) is 1. The summed E-state index contributed by atoms with van der Waals surface area (Å²) < 4.78 is 17.5. The summed E-state index contributed by atoms with van der Waals surface area (Å²) in [5.74, 6) is -2.69. The van der Waals surface area contributed by atoms with Crippen LogP contribution in [0.2, 0.25) is 0 Å². The number of alkyl halides is 2. The Kier molecular flexibility index (Phi) is 4.88. The molecule has 9 heteroatoms. The fraction of sp³-hybridized carbons (Fsp3) is 0.714. The van der Waals surface area contributed by atoms with Gasteiger partial charge in [0.05, 0.1) is 19.3 Å². The summed E-state index contributed by atoms with van der Waals surface area (Å²) in [6.07, 6.45) is -0.0505. The van der Waals surface area contributed by atoms with E-state index in [1.54, 1.807) is 0 Å². The maximum Gasteiger partial charge on any atom is 0.305 e. The number of halogens is 3. The first-order valence-electron chi connectivity index (χ1n) is 7.26. The van der Waals surface area contributed by atoms with Crippen LogP contribution in [0.1, 0.15) is 13.3 Å². The third kappa shape index (κ3) is 2.59. The lowest BCUT2D eigenvalue weighted by Crippen LogP contribution is -2.55. The Bertz CT molecular complexity index is 580. The van der Waals surface area contributed by atoms with Gasteiger partial charge in [0, 0.05) is 30.9 Å². The van der Waals surface area contributed by atoms with Gasteiger partial charge in [-0.15, -0.1) is 11.6 Å². The zero-order valence-electron chi connectivity index (χ0n) is 12.4. The van der Waals surface area contributed by atoms with Crippen molar-refractivity contribution in [3.05, 3.63) is 10.7 Å². The van der Waals surface area contributed by atoms with Crippen molar-refractivity contribution in [1.29, 1.82) is 0 Å². The van der Waals surface area contributed by atoms with Crippen LogP contribution in [0.4, 0.5) is 0 Å². The summed E-state index contributed by atoms with van der Waals surface area (Å²) in [7, 11) is 0. The van der Waals surface area contributed by atoms with Gasteiger partial charge in [-0.05, 0) is 0 Å². The van der Waals surface area contributed by atoms with Gasteiger partial charge in [0.25, 0.3) is 5.79 Å². The van der Waals surface area contributed by atoms with E-state index in [-0.39, 0.29) is 17.6 Å². The minimum Gasteiger partial charge on any atom is -0.424 e. The molecule has 6 nitrogen and oxygen atoms in total. The highest BCUT2D eigenvalue weighted by Crippen LogP contribution is 2.58. The molecule has 3 rings (SSSR count). The van der Waals surface area contributed by atoms with Gasteiger partial charge in [-0.3, -0.25) is 9.59 Å². The lowest BCUT2D eigenvalue weighted by molar-refractivity contribution is -0.215.